The Kier molecular flexibility index (Phi) is 5.23. The SMILES string of the molecule is O=S(=O)([O-])c1cc(O)c(S(=O)(=O)[O-])cc1O.[Ca+2]. The Labute approximate surface area is 126 Å². The molecule has 0 radical (unpaired) electrons. The standard InChI is InChI=1S/C6H6O8S2.Ca/c7-3-1-5(15(9,10)11)4(8)2-6(3)16(12,13)14;/h1-2,7-8H,(H,9,10,11)(H,12,13,14);/q;+2/p-2. The summed E-state index contributed by atoms with van der Waals surface area (Å²) in [6, 6.07) is 0.394. The van der Waals surface area contributed by atoms with Crippen molar-refractivity contribution < 1.29 is 36.2 Å². The molecule has 90 valence electrons. The first kappa shape index (κ1) is 16.9. The largest absolute Gasteiger partial charge is 2.00 e. The number of phenolic OH excluding ortho intramolecular Hbond substituents is 2. The molecule has 1 aromatic carbocycles. The molecule has 0 saturated carbocycles. The van der Waals surface area contributed by atoms with Gasteiger partial charge in [0.05, 0.1) is 9.79 Å². The second kappa shape index (κ2) is 5.26. The molecule has 0 atom stereocenters. The fraction of sp³-hybridized carbons (Fsp3) is 0. The molecular formula is C6H4CaO8S2. The molecule has 2 N–H and O–H groups in total. The maximum Gasteiger partial charge on any atom is 2.00 e. The predicted molar refractivity (Wildman–Crippen MR) is 51.5 cm³/mol. The first-order valence-electron chi connectivity index (χ1n) is 3.51. The fourth-order valence-corrected chi connectivity index (χ4v) is 2.08. The quantitative estimate of drug-likeness (QED) is 0.381. The van der Waals surface area contributed by atoms with Crippen LogP contribution in [0.2, 0.25) is 0 Å². The smallest absolute Gasteiger partial charge is 0.744 e. The van der Waals surface area contributed by atoms with Crippen LogP contribution in [0, 0.1) is 0 Å². The van der Waals surface area contributed by atoms with Crippen LogP contribution in [0.5, 0.6) is 11.5 Å². The third-order valence-electron chi connectivity index (χ3n) is 1.58. The van der Waals surface area contributed by atoms with Crippen molar-refractivity contribution in [3.63, 3.8) is 0 Å². The molecule has 0 amide bonds. The van der Waals surface area contributed by atoms with Gasteiger partial charge in [0, 0.05) is 12.1 Å². The Hall–Kier alpha value is -0.100. The van der Waals surface area contributed by atoms with E-state index in [0.29, 0.717) is 0 Å². The molecule has 0 aromatic heterocycles. The second-order valence-corrected chi connectivity index (χ2v) is 5.39. The molecule has 1 rings (SSSR count). The summed E-state index contributed by atoms with van der Waals surface area (Å²) in [4.78, 5) is -2.42. The van der Waals surface area contributed by atoms with E-state index in [4.69, 9.17) is 10.2 Å². The van der Waals surface area contributed by atoms with E-state index in [1.807, 2.05) is 0 Å². The molecule has 8 nitrogen and oxygen atoms in total. The molecule has 0 aliphatic heterocycles. The number of rotatable bonds is 2. The van der Waals surface area contributed by atoms with Gasteiger partial charge in [0.2, 0.25) is 0 Å². The molecule has 0 aliphatic rings. The van der Waals surface area contributed by atoms with E-state index in [1.165, 1.54) is 0 Å². The minimum atomic E-state index is -5.08. The van der Waals surface area contributed by atoms with Crippen LogP contribution in [0.3, 0.4) is 0 Å². The molecule has 0 unspecified atom stereocenters. The topological polar surface area (TPSA) is 155 Å². The minimum Gasteiger partial charge on any atom is -0.744 e. The van der Waals surface area contributed by atoms with Crippen molar-refractivity contribution in [1.82, 2.24) is 0 Å². The van der Waals surface area contributed by atoms with Crippen LogP contribution in [0.1, 0.15) is 0 Å². The van der Waals surface area contributed by atoms with E-state index in [1.54, 1.807) is 0 Å². The Balaban J connectivity index is 0.00000256. The van der Waals surface area contributed by atoms with Crippen LogP contribution in [-0.4, -0.2) is 73.9 Å². The predicted octanol–water partition coefficient (Wildman–Crippen LogP) is -1.47. The molecular weight excluding hydrogens is 304 g/mol. The molecule has 0 fully saturated rings. The third-order valence-corrected chi connectivity index (χ3v) is 3.31. The van der Waals surface area contributed by atoms with E-state index in [0.717, 1.165) is 0 Å². The van der Waals surface area contributed by atoms with Crippen LogP contribution < -0.4 is 0 Å². The Morgan fingerprint density at radius 2 is 1.06 bits per heavy atom. The van der Waals surface area contributed by atoms with E-state index in [-0.39, 0.29) is 49.9 Å². The summed E-state index contributed by atoms with van der Waals surface area (Å²) in [5, 5.41) is 18.0. The van der Waals surface area contributed by atoms with Crippen LogP contribution >= 0.6 is 0 Å². The Morgan fingerprint density at radius 3 is 1.24 bits per heavy atom. The summed E-state index contributed by atoms with van der Waals surface area (Å²) in [7, 11) is -10.2. The zero-order valence-corrected chi connectivity index (χ0v) is 11.9. The van der Waals surface area contributed by atoms with Crippen LogP contribution in [0.25, 0.3) is 0 Å². The number of benzene rings is 1. The fourth-order valence-electron chi connectivity index (χ4n) is 0.939. The minimum absolute atomic E-state index is 0. The summed E-state index contributed by atoms with van der Waals surface area (Å²) < 4.78 is 63.1. The zero-order valence-electron chi connectivity index (χ0n) is 8.02. The number of phenols is 2. The molecule has 17 heavy (non-hydrogen) atoms. The molecule has 0 spiro atoms. The first-order chi connectivity index (χ1) is 7.03. The number of aromatic hydroxyl groups is 2. The molecule has 0 saturated heterocycles. The summed E-state index contributed by atoms with van der Waals surface area (Å²) >= 11 is 0. The maximum atomic E-state index is 10.5. The van der Waals surface area contributed by atoms with Crippen molar-refractivity contribution in [2.24, 2.45) is 0 Å². The average Bonchev–Trinajstić information content (AvgIpc) is 2.04. The maximum absolute atomic E-state index is 10.5. The van der Waals surface area contributed by atoms with Gasteiger partial charge in [-0.25, -0.2) is 16.8 Å². The molecule has 0 aliphatic carbocycles. The molecule has 0 bridgehead atoms. The summed E-state index contributed by atoms with van der Waals surface area (Å²) in [6.07, 6.45) is 0. The van der Waals surface area contributed by atoms with Gasteiger partial charge in [-0.15, -0.1) is 0 Å². The van der Waals surface area contributed by atoms with Gasteiger partial charge in [0.1, 0.15) is 31.7 Å². The van der Waals surface area contributed by atoms with E-state index < -0.39 is 41.5 Å². The normalized spacial score (nSPS) is 11.9. The van der Waals surface area contributed by atoms with E-state index >= 15 is 0 Å². The molecule has 1 aromatic rings. The van der Waals surface area contributed by atoms with E-state index in [2.05, 4.69) is 0 Å². The van der Waals surface area contributed by atoms with Crippen LogP contribution in [0.4, 0.5) is 0 Å². The second-order valence-electron chi connectivity index (χ2n) is 2.70. The van der Waals surface area contributed by atoms with Gasteiger partial charge in [-0.2, -0.15) is 0 Å². The van der Waals surface area contributed by atoms with Gasteiger partial charge in [0.15, 0.2) is 0 Å². The Morgan fingerprint density at radius 1 is 0.824 bits per heavy atom. The van der Waals surface area contributed by atoms with Crippen molar-refractivity contribution in [3.8, 4) is 11.5 Å². The van der Waals surface area contributed by atoms with Crippen LogP contribution in [0.15, 0.2) is 21.9 Å². The van der Waals surface area contributed by atoms with Gasteiger partial charge in [0.25, 0.3) is 0 Å². The summed E-state index contributed by atoms with van der Waals surface area (Å²) in [6.45, 7) is 0. The first-order valence-corrected chi connectivity index (χ1v) is 6.33. The summed E-state index contributed by atoms with van der Waals surface area (Å²) in [5.74, 6) is -2.44. The van der Waals surface area contributed by atoms with Gasteiger partial charge < -0.3 is 19.3 Å². The third kappa shape index (κ3) is 3.95. The monoisotopic (exact) mass is 308 g/mol. The van der Waals surface area contributed by atoms with Gasteiger partial charge in [-0.05, 0) is 0 Å². The molecule has 0 heterocycles. The number of hydrogen-bond donors (Lipinski definition) is 2. The van der Waals surface area contributed by atoms with Gasteiger partial charge in [-0.3, -0.25) is 0 Å². The van der Waals surface area contributed by atoms with Crippen molar-refractivity contribution in [3.05, 3.63) is 12.1 Å². The van der Waals surface area contributed by atoms with Crippen molar-refractivity contribution in [1.29, 1.82) is 0 Å². The zero-order chi connectivity index (χ0) is 12.7. The average molecular weight is 308 g/mol. The van der Waals surface area contributed by atoms with Crippen LogP contribution in [-0.2, 0) is 20.2 Å². The van der Waals surface area contributed by atoms with Gasteiger partial charge >= 0.3 is 37.7 Å². The number of hydrogen-bond acceptors (Lipinski definition) is 8. The van der Waals surface area contributed by atoms with Crippen molar-refractivity contribution in [2.75, 3.05) is 0 Å². The van der Waals surface area contributed by atoms with Crippen molar-refractivity contribution >= 4 is 58.0 Å². The van der Waals surface area contributed by atoms with E-state index in [9.17, 15) is 25.9 Å². The van der Waals surface area contributed by atoms with Gasteiger partial charge in [-0.1, -0.05) is 0 Å². The molecule has 11 heteroatoms. The summed E-state index contributed by atoms with van der Waals surface area (Å²) in [5.41, 5.74) is 0. The van der Waals surface area contributed by atoms with Crippen molar-refractivity contribution in [2.45, 2.75) is 9.79 Å². The Bertz CT molecular complexity index is 574.